The molecule has 0 aliphatic rings. The van der Waals surface area contributed by atoms with Gasteiger partial charge in [-0.3, -0.25) is 9.59 Å². The van der Waals surface area contributed by atoms with E-state index in [0.717, 1.165) is 5.56 Å². The monoisotopic (exact) mass is 351 g/mol. The zero-order valence-corrected chi connectivity index (χ0v) is 14.1. The molecular weight excluding hydrogens is 333 g/mol. The molecule has 0 atom stereocenters. The van der Waals surface area contributed by atoms with Crippen LogP contribution in [0.2, 0.25) is 0 Å². The number of nitrogens with zero attached hydrogens (tertiary/aromatic N) is 2. The number of hydrogen-bond acceptors (Lipinski definition) is 3. The molecule has 0 unspecified atom stereocenters. The molecule has 1 heterocycles. The standard InChI is InChI=1S/C20H18FN3O2/c21-17-9-5-4-8-16(17)14-19(25)22-12-13-24-20(26)11-10-18(23-24)15-6-2-1-3-7-15/h1-11H,12-14H2,(H,22,25). The van der Waals surface area contributed by atoms with Gasteiger partial charge in [-0.2, -0.15) is 5.10 Å². The van der Waals surface area contributed by atoms with Crippen molar-refractivity contribution in [3.63, 3.8) is 0 Å². The highest BCUT2D eigenvalue weighted by molar-refractivity contribution is 5.78. The lowest BCUT2D eigenvalue weighted by Gasteiger charge is -2.09. The zero-order chi connectivity index (χ0) is 18.4. The molecule has 6 heteroatoms. The Kier molecular flexibility index (Phi) is 5.53. The van der Waals surface area contributed by atoms with Gasteiger partial charge in [-0.15, -0.1) is 0 Å². The van der Waals surface area contributed by atoms with Crippen LogP contribution >= 0.6 is 0 Å². The Morgan fingerprint density at radius 2 is 1.73 bits per heavy atom. The van der Waals surface area contributed by atoms with Crippen molar-refractivity contribution in [2.45, 2.75) is 13.0 Å². The summed E-state index contributed by atoms with van der Waals surface area (Å²) in [6, 6.07) is 18.8. The van der Waals surface area contributed by atoms with E-state index in [9.17, 15) is 14.0 Å². The van der Waals surface area contributed by atoms with E-state index >= 15 is 0 Å². The third-order valence-corrected chi connectivity index (χ3v) is 3.89. The summed E-state index contributed by atoms with van der Waals surface area (Å²) in [5.41, 5.74) is 1.69. The molecule has 0 fully saturated rings. The summed E-state index contributed by atoms with van der Waals surface area (Å²) in [5, 5.41) is 7.02. The summed E-state index contributed by atoms with van der Waals surface area (Å²) in [7, 11) is 0. The lowest BCUT2D eigenvalue weighted by molar-refractivity contribution is -0.120. The summed E-state index contributed by atoms with van der Waals surface area (Å²) in [5.74, 6) is -0.710. The number of aromatic nitrogens is 2. The van der Waals surface area contributed by atoms with E-state index in [1.54, 1.807) is 24.3 Å². The molecular formula is C20H18FN3O2. The lowest BCUT2D eigenvalue weighted by Crippen LogP contribution is -2.32. The van der Waals surface area contributed by atoms with E-state index < -0.39 is 5.82 Å². The van der Waals surface area contributed by atoms with Gasteiger partial charge >= 0.3 is 0 Å². The number of benzene rings is 2. The molecule has 1 N–H and O–H groups in total. The maximum Gasteiger partial charge on any atom is 0.266 e. The van der Waals surface area contributed by atoms with Gasteiger partial charge in [0.15, 0.2) is 0 Å². The first-order valence-electron chi connectivity index (χ1n) is 8.27. The third kappa shape index (κ3) is 4.42. The largest absolute Gasteiger partial charge is 0.354 e. The van der Waals surface area contributed by atoms with Crippen molar-refractivity contribution in [2.24, 2.45) is 0 Å². The molecule has 0 radical (unpaired) electrons. The molecule has 132 valence electrons. The maximum atomic E-state index is 13.6. The highest BCUT2D eigenvalue weighted by Crippen LogP contribution is 2.13. The van der Waals surface area contributed by atoms with Crippen molar-refractivity contribution in [3.8, 4) is 11.3 Å². The Balaban J connectivity index is 1.60. The number of amides is 1. The second-order valence-electron chi connectivity index (χ2n) is 5.76. The minimum absolute atomic E-state index is 0.0426. The number of carbonyl (C=O) groups excluding carboxylic acids is 1. The fraction of sp³-hybridized carbons (Fsp3) is 0.150. The predicted molar refractivity (Wildman–Crippen MR) is 97.0 cm³/mol. The summed E-state index contributed by atoms with van der Waals surface area (Å²) in [6.45, 7) is 0.473. The van der Waals surface area contributed by atoms with Gasteiger partial charge in [0.05, 0.1) is 18.7 Å². The third-order valence-electron chi connectivity index (χ3n) is 3.89. The molecule has 1 amide bonds. The Morgan fingerprint density at radius 3 is 2.50 bits per heavy atom. The Bertz CT molecular complexity index is 955. The van der Waals surface area contributed by atoms with Crippen molar-refractivity contribution in [3.05, 3.63) is 88.5 Å². The molecule has 2 aromatic carbocycles. The van der Waals surface area contributed by atoms with Gasteiger partial charge in [0.2, 0.25) is 5.91 Å². The molecule has 3 rings (SSSR count). The van der Waals surface area contributed by atoms with E-state index in [0.29, 0.717) is 11.3 Å². The molecule has 5 nitrogen and oxygen atoms in total. The van der Waals surface area contributed by atoms with E-state index in [2.05, 4.69) is 10.4 Å². The summed E-state index contributed by atoms with van der Waals surface area (Å²) < 4.78 is 14.9. The maximum absolute atomic E-state index is 13.6. The van der Waals surface area contributed by atoms with Gasteiger partial charge in [0.25, 0.3) is 5.56 Å². The fourth-order valence-corrected chi connectivity index (χ4v) is 2.55. The molecule has 0 saturated carbocycles. The summed E-state index contributed by atoms with van der Waals surface area (Å²) in [4.78, 5) is 23.9. The first-order valence-corrected chi connectivity index (χ1v) is 8.27. The Labute approximate surface area is 150 Å². The smallest absolute Gasteiger partial charge is 0.266 e. The molecule has 0 aliphatic heterocycles. The second-order valence-corrected chi connectivity index (χ2v) is 5.76. The summed E-state index contributed by atoms with van der Waals surface area (Å²) in [6.07, 6.45) is -0.0426. The van der Waals surface area contributed by atoms with Crippen LogP contribution in [-0.4, -0.2) is 22.2 Å². The normalized spacial score (nSPS) is 10.5. The Hall–Kier alpha value is -3.28. The van der Waals surface area contributed by atoms with Gasteiger partial charge in [0.1, 0.15) is 5.82 Å². The number of rotatable bonds is 6. The van der Waals surface area contributed by atoms with Gasteiger partial charge < -0.3 is 5.32 Å². The number of nitrogens with one attached hydrogen (secondary N) is 1. The van der Waals surface area contributed by atoms with Crippen molar-refractivity contribution in [1.29, 1.82) is 0 Å². The fourth-order valence-electron chi connectivity index (χ4n) is 2.55. The van der Waals surface area contributed by atoms with Crippen LogP contribution in [0.25, 0.3) is 11.3 Å². The minimum atomic E-state index is -0.406. The molecule has 3 aromatic rings. The van der Waals surface area contributed by atoms with Crippen molar-refractivity contribution in [1.82, 2.24) is 15.1 Å². The van der Waals surface area contributed by atoms with Gasteiger partial charge in [-0.05, 0) is 17.7 Å². The lowest BCUT2D eigenvalue weighted by atomic mass is 10.1. The molecule has 0 saturated heterocycles. The molecule has 26 heavy (non-hydrogen) atoms. The highest BCUT2D eigenvalue weighted by Gasteiger charge is 2.08. The topological polar surface area (TPSA) is 64.0 Å². The quantitative estimate of drug-likeness (QED) is 0.742. The molecule has 0 aliphatic carbocycles. The van der Waals surface area contributed by atoms with Crippen molar-refractivity contribution in [2.75, 3.05) is 6.54 Å². The van der Waals surface area contributed by atoms with E-state index in [1.165, 1.54) is 16.8 Å². The summed E-state index contributed by atoms with van der Waals surface area (Å²) >= 11 is 0. The number of hydrogen-bond donors (Lipinski definition) is 1. The van der Waals surface area contributed by atoms with E-state index in [1.807, 2.05) is 30.3 Å². The number of halogens is 1. The van der Waals surface area contributed by atoms with Crippen LogP contribution in [0.1, 0.15) is 5.56 Å². The average molecular weight is 351 g/mol. The number of carbonyl (C=O) groups is 1. The van der Waals surface area contributed by atoms with Gasteiger partial charge in [-0.1, -0.05) is 48.5 Å². The van der Waals surface area contributed by atoms with Crippen LogP contribution < -0.4 is 10.9 Å². The van der Waals surface area contributed by atoms with Crippen LogP contribution in [0.3, 0.4) is 0 Å². The molecule has 1 aromatic heterocycles. The van der Waals surface area contributed by atoms with Crippen LogP contribution in [0.4, 0.5) is 4.39 Å². The molecule has 0 spiro atoms. The van der Waals surface area contributed by atoms with Crippen molar-refractivity contribution < 1.29 is 9.18 Å². The Morgan fingerprint density at radius 1 is 1.00 bits per heavy atom. The highest BCUT2D eigenvalue weighted by atomic mass is 19.1. The second kappa shape index (κ2) is 8.20. The van der Waals surface area contributed by atoms with Crippen molar-refractivity contribution >= 4 is 5.91 Å². The van der Waals surface area contributed by atoms with Gasteiger partial charge in [-0.25, -0.2) is 9.07 Å². The van der Waals surface area contributed by atoms with Crippen LogP contribution in [0, 0.1) is 5.82 Å². The SMILES string of the molecule is O=C(Cc1ccccc1F)NCCn1nc(-c2ccccc2)ccc1=O. The van der Waals surface area contributed by atoms with Crippen LogP contribution in [-0.2, 0) is 17.8 Å². The first kappa shape index (κ1) is 17.5. The van der Waals surface area contributed by atoms with Crippen LogP contribution in [0.15, 0.2) is 71.5 Å². The molecule has 0 bridgehead atoms. The first-order chi connectivity index (χ1) is 12.6. The van der Waals surface area contributed by atoms with Gasteiger partial charge in [0, 0.05) is 18.2 Å². The van der Waals surface area contributed by atoms with E-state index in [-0.39, 0.29) is 31.0 Å². The predicted octanol–water partition coefficient (Wildman–Crippen LogP) is 2.41. The van der Waals surface area contributed by atoms with Crippen LogP contribution in [0.5, 0.6) is 0 Å². The van der Waals surface area contributed by atoms with E-state index in [4.69, 9.17) is 0 Å². The zero-order valence-electron chi connectivity index (χ0n) is 14.1. The average Bonchev–Trinajstić information content (AvgIpc) is 2.66. The minimum Gasteiger partial charge on any atom is -0.354 e.